The maximum absolute atomic E-state index is 9.58. The van der Waals surface area contributed by atoms with Gasteiger partial charge in [0, 0.05) is 7.85 Å². The summed E-state index contributed by atoms with van der Waals surface area (Å²) in [5, 5.41) is 19.2. The summed E-state index contributed by atoms with van der Waals surface area (Å²) in [6.07, 6.45) is 0. The van der Waals surface area contributed by atoms with E-state index in [2.05, 4.69) is 0 Å². The molecule has 2 atom stereocenters. The minimum atomic E-state index is -1.00. The van der Waals surface area contributed by atoms with Gasteiger partial charge in [0.15, 0.2) is 0 Å². The van der Waals surface area contributed by atoms with Crippen LogP contribution in [0.25, 0.3) is 0 Å². The number of hydrogen-bond acceptors (Lipinski definition) is 4. The molecule has 0 aliphatic carbocycles. The smallest absolute Gasteiger partial charge is 0.549 e. The zero-order valence-electron chi connectivity index (χ0n) is 7.25. The average Bonchev–Trinajstić information content (AvgIpc) is 1.88. The van der Waals surface area contributed by atoms with Crippen LogP contribution < -0.4 is 10.2 Å². The van der Waals surface area contributed by atoms with Crippen molar-refractivity contribution in [3.05, 3.63) is 0 Å². The van der Waals surface area contributed by atoms with Gasteiger partial charge in [0.1, 0.15) is 0 Å². The monoisotopic (exact) mass is 486 g/mol. The van der Waals surface area contributed by atoms with Crippen molar-refractivity contribution in [2.75, 3.05) is 0 Å². The Labute approximate surface area is 141 Å². The van der Waals surface area contributed by atoms with Gasteiger partial charge in [-0.3, -0.25) is 0 Å². The van der Waals surface area contributed by atoms with Crippen LogP contribution in [0.3, 0.4) is 0 Å². The maximum atomic E-state index is 9.58. The first-order valence-electron chi connectivity index (χ1n) is 2.98. The van der Waals surface area contributed by atoms with E-state index in [1.807, 2.05) is 0 Å². The van der Waals surface area contributed by atoms with Gasteiger partial charge in [-0.05, 0) is 13.8 Å². The SMILES string of the molecule is CC(I)C(=O)[O-].CC(I)C(=O)[O-].[Sr+2]. The van der Waals surface area contributed by atoms with Crippen LogP contribution in [0.15, 0.2) is 0 Å². The van der Waals surface area contributed by atoms with Crippen LogP contribution in [0.5, 0.6) is 0 Å². The molecule has 0 spiro atoms. The van der Waals surface area contributed by atoms with Crippen LogP contribution in [-0.2, 0) is 9.59 Å². The van der Waals surface area contributed by atoms with E-state index in [0.29, 0.717) is 0 Å². The fourth-order valence-electron chi connectivity index (χ4n) is 0. The Morgan fingerprint density at radius 2 is 1.08 bits per heavy atom. The summed E-state index contributed by atoms with van der Waals surface area (Å²) in [6.45, 7) is 3.13. The van der Waals surface area contributed by atoms with E-state index in [9.17, 15) is 19.8 Å². The third-order valence-electron chi connectivity index (χ3n) is 0.650. The maximum Gasteiger partial charge on any atom is 2.00 e. The number of alkyl halides is 2. The normalized spacial score (nSPS) is 12.6. The van der Waals surface area contributed by atoms with E-state index >= 15 is 0 Å². The molecule has 0 N–H and O–H groups in total. The first kappa shape index (κ1) is 20.3. The van der Waals surface area contributed by atoms with Gasteiger partial charge in [-0.15, -0.1) is 0 Å². The number of carbonyl (C=O) groups excluding carboxylic acids is 2. The van der Waals surface area contributed by atoms with Gasteiger partial charge < -0.3 is 19.8 Å². The molecule has 72 valence electrons. The molecule has 0 bridgehead atoms. The van der Waals surface area contributed by atoms with Crippen LogP contribution in [0.4, 0.5) is 0 Å². The van der Waals surface area contributed by atoms with Crippen LogP contribution in [-0.4, -0.2) is 65.3 Å². The number of carboxylic acid groups (broad SMARTS) is 2. The summed E-state index contributed by atoms with van der Waals surface area (Å²) < 4.78 is -0.745. The molecule has 0 rings (SSSR count). The molecule has 4 nitrogen and oxygen atoms in total. The van der Waals surface area contributed by atoms with Gasteiger partial charge in [0.2, 0.25) is 0 Å². The van der Waals surface area contributed by atoms with E-state index in [1.54, 1.807) is 59.0 Å². The minimum absolute atomic E-state index is 0. The van der Waals surface area contributed by atoms with Gasteiger partial charge in [-0.25, -0.2) is 0 Å². The number of carbonyl (C=O) groups is 2. The summed E-state index contributed by atoms with van der Waals surface area (Å²) in [4.78, 5) is 19.2. The Hall–Kier alpha value is 1.88. The van der Waals surface area contributed by atoms with E-state index in [4.69, 9.17) is 0 Å². The van der Waals surface area contributed by atoms with Crippen molar-refractivity contribution in [3.63, 3.8) is 0 Å². The second-order valence-corrected chi connectivity index (χ2v) is 5.61. The van der Waals surface area contributed by atoms with Crippen molar-refractivity contribution >= 4 is 103 Å². The summed E-state index contributed by atoms with van der Waals surface area (Å²) in [5.74, 6) is -2.01. The van der Waals surface area contributed by atoms with E-state index in [-0.39, 0.29) is 53.3 Å². The van der Waals surface area contributed by atoms with Gasteiger partial charge >= 0.3 is 45.5 Å². The molecule has 0 aromatic carbocycles. The molecule has 0 aliphatic heterocycles. The standard InChI is InChI=1S/2C3H5IO2.Sr/c2*1-2(4)3(5)6;/h2*2H,1H3,(H,5,6);/q;;+2/p-2. The number of aliphatic carboxylic acids is 2. The number of carboxylic acids is 2. The molecule has 2 unspecified atom stereocenters. The van der Waals surface area contributed by atoms with Crippen molar-refractivity contribution in [2.45, 2.75) is 21.7 Å². The Balaban J connectivity index is -0.000000143. The molecule has 0 heterocycles. The Morgan fingerprint density at radius 3 is 1.08 bits per heavy atom. The van der Waals surface area contributed by atoms with Gasteiger partial charge in [0.25, 0.3) is 0 Å². The van der Waals surface area contributed by atoms with Gasteiger partial charge in [0.05, 0.1) is 11.9 Å². The molecule has 0 amide bonds. The average molecular weight is 486 g/mol. The summed E-state index contributed by atoms with van der Waals surface area (Å²) in [5.41, 5.74) is 0. The number of rotatable bonds is 2. The van der Waals surface area contributed by atoms with Crippen molar-refractivity contribution in [1.29, 1.82) is 0 Å². The van der Waals surface area contributed by atoms with E-state index < -0.39 is 11.9 Å². The second-order valence-electron chi connectivity index (χ2n) is 1.87. The summed E-state index contributed by atoms with van der Waals surface area (Å²) in [7, 11) is 0. The van der Waals surface area contributed by atoms with E-state index in [0.717, 1.165) is 0 Å². The first-order chi connectivity index (χ1) is 5.29. The predicted octanol–water partition coefficient (Wildman–Crippen LogP) is -1.26. The molecule has 13 heavy (non-hydrogen) atoms. The van der Waals surface area contributed by atoms with Crippen LogP contribution in [0, 0.1) is 0 Å². The summed E-state index contributed by atoms with van der Waals surface area (Å²) in [6, 6.07) is 0. The molecule has 7 heteroatoms. The Morgan fingerprint density at radius 1 is 1.00 bits per heavy atom. The topological polar surface area (TPSA) is 80.3 Å². The Bertz CT molecular complexity index is 143. The van der Waals surface area contributed by atoms with Crippen molar-refractivity contribution in [3.8, 4) is 0 Å². The molecule has 0 saturated heterocycles. The van der Waals surface area contributed by atoms with Crippen LogP contribution >= 0.6 is 45.2 Å². The molecule has 0 radical (unpaired) electrons. The first-order valence-corrected chi connectivity index (χ1v) is 5.48. The minimum Gasteiger partial charge on any atom is -0.549 e. The number of halogens is 2. The predicted molar refractivity (Wildman–Crippen MR) is 62.7 cm³/mol. The molecule has 0 fully saturated rings. The van der Waals surface area contributed by atoms with Crippen molar-refractivity contribution in [1.82, 2.24) is 0 Å². The molecule has 0 aromatic rings. The molecule has 0 saturated carbocycles. The van der Waals surface area contributed by atoms with Crippen molar-refractivity contribution in [2.24, 2.45) is 0 Å². The zero-order chi connectivity index (χ0) is 10.3. The number of hydrogen-bond donors (Lipinski definition) is 0. The van der Waals surface area contributed by atoms with Crippen LogP contribution in [0.1, 0.15) is 13.8 Å². The molecule has 0 aliphatic rings. The quantitative estimate of drug-likeness (QED) is 0.278. The fraction of sp³-hybridized carbons (Fsp3) is 0.667. The second kappa shape index (κ2) is 12.0. The zero-order valence-corrected chi connectivity index (χ0v) is 15.0. The van der Waals surface area contributed by atoms with Gasteiger partial charge in [-0.2, -0.15) is 0 Å². The third-order valence-corrected chi connectivity index (χ3v) is 1.67. The Kier molecular flexibility index (Phi) is 18.7. The van der Waals surface area contributed by atoms with Gasteiger partial charge in [-0.1, -0.05) is 45.2 Å². The fourth-order valence-corrected chi connectivity index (χ4v) is 0. The molecule has 0 aromatic heterocycles. The summed E-state index contributed by atoms with van der Waals surface area (Å²) >= 11 is 3.54. The largest absolute Gasteiger partial charge is 2.00 e. The third kappa shape index (κ3) is 20.1. The molecular formula is C6H8I2O4Sr. The van der Waals surface area contributed by atoms with E-state index in [1.165, 1.54) is 0 Å². The van der Waals surface area contributed by atoms with Crippen molar-refractivity contribution < 1.29 is 19.8 Å². The molecular weight excluding hydrogens is 477 g/mol. The van der Waals surface area contributed by atoms with Crippen LogP contribution in [0.2, 0.25) is 0 Å².